The van der Waals surface area contributed by atoms with E-state index in [2.05, 4.69) is 134 Å². The summed E-state index contributed by atoms with van der Waals surface area (Å²) in [6, 6.07) is 45.4. The number of hydrogen-bond acceptors (Lipinski definition) is 2. The average molecular weight is 761 g/mol. The third-order valence-electron chi connectivity index (χ3n) is 7.08. The van der Waals surface area contributed by atoms with Crippen LogP contribution in [0.3, 0.4) is 0 Å². The molecule has 0 bridgehead atoms. The Hall–Kier alpha value is -4.80. The largest absolute Gasteiger partial charge is 0.398 e. The first-order valence-electron chi connectivity index (χ1n) is 15.1. The Morgan fingerprint density at radius 3 is 1.65 bits per heavy atom. The number of para-hydroxylation sites is 1. The van der Waals surface area contributed by atoms with E-state index < -0.39 is 0 Å². The van der Waals surface area contributed by atoms with Crippen LogP contribution in [-0.2, 0) is 6.42 Å². The predicted octanol–water partition coefficient (Wildman–Crippen LogP) is 14.5. The van der Waals surface area contributed by atoms with Gasteiger partial charge in [0.25, 0.3) is 0 Å². The fraction of sp³-hybridized carbons (Fsp3) is 0.208. The lowest BCUT2D eigenvalue weighted by molar-refractivity contribution is 1.25. The molecule has 1 aliphatic carbocycles. The third kappa shape index (κ3) is 16.2. The number of nitrogen functional groups attached to an aromatic ring is 1. The Balaban J connectivity index is 0. The molecule has 0 fully saturated rings. The second-order valence-electron chi connectivity index (χ2n) is 11.0. The minimum atomic E-state index is 0. The number of aryl methyl sites for hydroxylation is 4. The number of nitrogens with two attached hydrogens (primary N) is 1. The van der Waals surface area contributed by atoms with Gasteiger partial charge in [0.2, 0.25) is 0 Å². The van der Waals surface area contributed by atoms with E-state index in [-0.39, 0.29) is 37.1 Å². The molecule has 1 heterocycles. The minimum Gasteiger partial charge on any atom is -0.398 e. The summed E-state index contributed by atoms with van der Waals surface area (Å²) in [4.78, 5) is 1.35. The molecule has 2 N–H and O–H groups in total. The zero-order valence-electron chi connectivity index (χ0n) is 26.8. The zero-order chi connectivity index (χ0) is 32.7. The minimum absolute atomic E-state index is 0. The Bertz CT molecular complexity index is 1960. The van der Waals surface area contributed by atoms with Gasteiger partial charge in [0.15, 0.2) is 0 Å². The Kier molecular flexibility index (Phi) is 23.9. The Morgan fingerprint density at radius 1 is 0.529 bits per heavy atom. The maximum Gasteiger partial charge on any atom is 0.0701 e. The van der Waals surface area contributed by atoms with Crippen LogP contribution in [0.25, 0.3) is 11.1 Å². The molecule has 51 heavy (non-hydrogen) atoms. The van der Waals surface area contributed by atoms with Crippen LogP contribution in [0, 0.1) is 51.4 Å². The highest BCUT2D eigenvalue weighted by atomic mass is 79.9. The summed E-state index contributed by atoms with van der Waals surface area (Å²) in [6.45, 7) is 8.38. The first kappa shape index (κ1) is 48.3. The molecule has 0 spiro atoms. The molecule has 0 saturated carbocycles. The molecule has 0 unspecified atom stereocenters. The molecule has 0 saturated heterocycles. The summed E-state index contributed by atoms with van der Waals surface area (Å²) in [7, 11) is 0. The van der Waals surface area contributed by atoms with E-state index in [1.165, 1.54) is 47.6 Å². The zero-order valence-corrected chi connectivity index (χ0v) is 29.2. The first-order chi connectivity index (χ1) is 22.3. The number of fused-ring (bicyclic) bond motifs is 3. The van der Waals surface area contributed by atoms with Crippen molar-refractivity contribution in [2.45, 2.75) is 71.2 Å². The summed E-state index contributed by atoms with van der Waals surface area (Å²) in [5, 5.41) is 0. The summed E-state index contributed by atoms with van der Waals surface area (Å²) in [6.07, 6.45) is 1.10. The van der Waals surface area contributed by atoms with Crippen LogP contribution >= 0.6 is 27.3 Å². The van der Waals surface area contributed by atoms with E-state index in [9.17, 15) is 0 Å². The highest BCUT2D eigenvalue weighted by Gasteiger charge is 2.16. The van der Waals surface area contributed by atoms with E-state index in [4.69, 9.17) is 5.73 Å². The maximum absolute atomic E-state index is 5.78. The molecule has 1 nitrogen and oxygen atoms in total. The van der Waals surface area contributed by atoms with Crippen molar-refractivity contribution in [2.24, 2.45) is 0 Å². The quantitative estimate of drug-likeness (QED) is 0.121. The predicted molar refractivity (Wildman–Crippen MR) is 237 cm³/mol. The van der Waals surface area contributed by atoms with Crippen LogP contribution in [0.1, 0.15) is 81.0 Å². The number of benzene rings is 5. The van der Waals surface area contributed by atoms with Gasteiger partial charge in [-0.1, -0.05) is 163 Å². The monoisotopic (exact) mass is 759 g/mol. The highest BCUT2D eigenvalue weighted by Crippen LogP contribution is 2.36. The van der Waals surface area contributed by atoms with Crippen LogP contribution < -0.4 is 5.73 Å². The normalized spacial score (nSPS) is 8.96. The lowest BCUT2D eigenvalue weighted by Gasteiger charge is -2.00. The Labute approximate surface area is 324 Å². The fourth-order valence-electron chi connectivity index (χ4n) is 4.66. The van der Waals surface area contributed by atoms with Crippen LogP contribution in [0.2, 0.25) is 0 Å². The van der Waals surface area contributed by atoms with Crippen molar-refractivity contribution in [3.05, 3.63) is 181 Å². The summed E-state index contributed by atoms with van der Waals surface area (Å²) in [5.41, 5.74) is 17.9. The molecule has 1 aliphatic rings. The number of rotatable bonds is 0. The van der Waals surface area contributed by atoms with Crippen molar-refractivity contribution < 1.29 is 0 Å². The van der Waals surface area contributed by atoms with E-state index >= 15 is 0 Å². The standard InChI is InChI=1S/C17H13N.C14H12.C7H8.C5H5BrS.5CH4/c1-14-10-12-15(13-11-14)6-2-3-7-16-8-4-5-9-17(16)18;1-10-6-7-14-12(8-10)9-11-4-2-3-5-13(11)14;1-7-5-3-2-4-6-7;1-4-2-3-5(6)7-4;;;;;/h4-5,8-13H,18H2,1H3;2-8H,9H2,1H3;2-6H,1H3;2-3H,1H3;5*1H4. The molecule has 0 atom stereocenters. The van der Waals surface area contributed by atoms with Crippen molar-refractivity contribution in [1.82, 2.24) is 0 Å². The van der Waals surface area contributed by atoms with E-state index in [1.807, 2.05) is 66.7 Å². The summed E-state index contributed by atoms with van der Waals surface area (Å²) < 4.78 is 1.21. The molecular weight excluding hydrogens is 703 g/mol. The molecule has 0 amide bonds. The number of halogens is 1. The third-order valence-corrected chi connectivity index (χ3v) is 8.62. The Morgan fingerprint density at radius 2 is 1.08 bits per heavy atom. The van der Waals surface area contributed by atoms with Crippen molar-refractivity contribution in [1.29, 1.82) is 0 Å². The van der Waals surface area contributed by atoms with E-state index in [0.29, 0.717) is 5.69 Å². The maximum atomic E-state index is 5.78. The molecule has 0 radical (unpaired) electrons. The molecule has 7 rings (SSSR count). The van der Waals surface area contributed by atoms with Gasteiger partial charge < -0.3 is 5.73 Å². The second-order valence-corrected chi connectivity index (χ2v) is 13.6. The van der Waals surface area contributed by atoms with Crippen molar-refractivity contribution in [2.75, 3.05) is 5.73 Å². The van der Waals surface area contributed by atoms with Crippen LogP contribution in [-0.4, -0.2) is 0 Å². The fourth-order valence-corrected chi connectivity index (χ4v) is 6.14. The second kappa shape index (κ2) is 25.2. The van der Waals surface area contributed by atoms with Gasteiger partial charge in [0, 0.05) is 21.7 Å². The van der Waals surface area contributed by atoms with Gasteiger partial charge in [-0.25, -0.2) is 0 Å². The van der Waals surface area contributed by atoms with Crippen LogP contribution in [0.5, 0.6) is 0 Å². The number of hydrogen-bond donors (Lipinski definition) is 1. The van der Waals surface area contributed by atoms with E-state index in [1.54, 1.807) is 11.3 Å². The van der Waals surface area contributed by atoms with Gasteiger partial charge in [-0.2, -0.15) is 0 Å². The highest BCUT2D eigenvalue weighted by molar-refractivity contribution is 9.11. The summed E-state index contributed by atoms with van der Waals surface area (Å²) >= 11 is 5.11. The molecule has 5 aromatic carbocycles. The van der Waals surface area contributed by atoms with Crippen molar-refractivity contribution in [3.8, 4) is 34.8 Å². The lowest BCUT2D eigenvalue weighted by Crippen LogP contribution is -1.87. The summed E-state index contributed by atoms with van der Waals surface area (Å²) in [5.74, 6) is 11.6. The van der Waals surface area contributed by atoms with Gasteiger partial charge >= 0.3 is 0 Å². The van der Waals surface area contributed by atoms with Crippen molar-refractivity contribution in [3.63, 3.8) is 0 Å². The molecule has 3 heteroatoms. The smallest absolute Gasteiger partial charge is 0.0701 e. The molecular formula is C48H58BrNS. The van der Waals surface area contributed by atoms with Gasteiger partial charge in [-0.15, -0.1) is 11.3 Å². The number of anilines is 1. The SMILES string of the molecule is C.C.C.C.C.Cc1ccc(Br)s1.Cc1ccc(C#CC#Cc2ccccc2N)cc1.Cc1ccc2c(c1)Cc1ccccc1-2.Cc1ccccc1. The van der Waals surface area contributed by atoms with Gasteiger partial charge in [-0.05, 0) is 121 Å². The van der Waals surface area contributed by atoms with E-state index in [0.717, 1.165) is 17.5 Å². The molecule has 1 aromatic heterocycles. The van der Waals surface area contributed by atoms with Crippen molar-refractivity contribution >= 4 is 33.0 Å². The topological polar surface area (TPSA) is 26.0 Å². The van der Waals surface area contributed by atoms with Gasteiger partial charge in [-0.3, -0.25) is 0 Å². The molecule has 0 aliphatic heterocycles. The lowest BCUT2D eigenvalue weighted by atomic mass is 10.0. The first-order valence-corrected chi connectivity index (χ1v) is 16.7. The number of thiophene rings is 1. The average Bonchev–Trinajstić information content (AvgIpc) is 3.63. The molecule has 6 aromatic rings. The molecule has 268 valence electrons. The van der Waals surface area contributed by atoms with Gasteiger partial charge in [0.1, 0.15) is 0 Å². The van der Waals surface area contributed by atoms with Crippen LogP contribution in [0.4, 0.5) is 5.69 Å². The van der Waals surface area contributed by atoms with Gasteiger partial charge in [0.05, 0.1) is 3.79 Å². The van der Waals surface area contributed by atoms with Crippen LogP contribution in [0.15, 0.2) is 137 Å².